The summed E-state index contributed by atoms with van der Waals surface area (Å²) in [5.41, 5.74) is 0. The molecule has 0 amide bonds. The van der Waals surface area contributed by atoms with Crippen molar-refractivity contribution in [2.75, 3.05) is 6.54 Å². The lowest BCUT2D eigenvalue weighted by Gasteiger charge is -2.07. The van der Waals surface area contributed by atoms with Crippen LogP contribution in [-0.2, 0) is 0 Å². The molecular weight excluding hydrogens is 106 g/mol. The predicted octanol–water partition coefficient (Wildman–Crippen LogP) is -0.500. The Kier molecular flexibility index (Phi) is 3.77. The Balaban J connectivity index is 2.93. The van der Waals surface area contributed by atoms with E-state index in [1.165, 1.54) is 0 Å². The van der Waals surface area contributed by atoms with Crippen molar-refractivity contribution in [2.24, 2.45) is 5.92 Å². The van der Waals surface area contributed by atoms with Crippen LogP contribution in [0.5, 0.6) is 0 Å². The van der Waals surface area contributed by atoms with E-state index in [-0.39, 0.29) is 0 Å². The Hall–Kier alpha value is -0.120. The highest BCUT2D eigenvalue weighted by Crippen LogP contribution is 1.86. The molecular formula is C5H13NO2. The van der Waals surface area contributed by atoms with Crippen LogP contribution in [0, 0.1) is 5.92 Å². The Labute approximate surface area is 49.3 Å². The second-order valence-electron chi connectivity index (χ2n) is 2.18. The normalized spacial score (nSPS) is 11.2. The molecule has 3 heteroatoms. The van der Waals surface area contributed by atoms with Crippen molar-refractivity contribution in [3.05, 3.63) is 0 Å². The van der Waals surface area contributed by atoms with E-state index < -0.39 is 6.41 Å². The summed E-state index contributed by atoms with van der Waals surface area (Å²) in [6, 6.07) is 0. The molecule has 0 aromatic rings. The number of rotatable bonds is 3. The molecule has 0 radical (unpaired) electrons. The molecule has 0 aliphatic rings. The SMILES string of the molecule is CC(C)CNC(O)O. The third-order valence-electron chi connectivity index (χ3n) is 0.709. The Morgan fingerprint density at radius 2 is 1.88 bits per heavy atom. The van der Waals surface area contributed by atoms with Gasteiger partial charge in [-0.1, -0.05) is 13.8 Å². The Morgan fingerprint density at radius 1 is 1.38 bits per heavy atom. The average molecular weight is 119 g/mol. The maximum Gasteiger partial charge on any atom is 0.210 e. The van der Waals surface area contributed by atoms with Crippen LogP contribution >= 0.6 is 0 Å². The number of aliphatic hydroxyl groups excluding tert-OH is 1. The number of nitrogens with one attached hydrogen (secondary N) is 1. The highest BCUT2D eigenvalue weighted by molar-refractivity contribution is 4.46. The van der Waals surface area contributed by atoms with Gasteiger partial charge in [0.1, 0.15) is 0 Å². The van der Waals surface area contributed by atoms with E-state index in [1.807, 2.05) is 13.8 Å². The molecule has 0 saturated heterocycles. The quantitative estimate of drug-likeness (QED) is 0.439. The average Bonchev–Trinajstić information content (AvgIpc) is 1.61. The zero-order valence-corrected chi connectivity index (χ0v) is 5.26. The largest absolute Gasteiger partial charge is 0.356 e. The van der Waals surface area contributed by atoms with Gasteiger partial charge >= 0.3 is 0 Å². The van der Waals surface area contributed by atoms with Crippen LogP contribution in [-0.4, -0.2) is 23.2 Å². The molecule has 50 valence electrons. The van der Waals surface area contributed by atoms with Crippen molar-refractivity contribution in [1.82, 2.24) is 5.32 Å². The Morgan fingerprint density at radius 3 is 2.00 bits per heavy atom. The molecule has 0 aliphatic heterocycles. The van der Waals surface area contributed by atoms with E-state index in [0.717, 1.165) is 0 Å². The molecule has 3 N–H and O–H groups in total. The van der Waals surface area contributed by atoms with Crippen LogP contribution in [0.1, 0.15) is 13.8 Å². The van der Waals surface area contributed by atoms with Gasteiger partial charge in [0.2, 0.25) is 6.41 Å². The molecule has 0 saturated carbocycles. The summed E-state index contributed by atoms with van der Waals surface area (Å²) in [6.07, 6.45) is -1.36. The maximum atomic E-state index is 8.25. The second kappa shape index (κ2) is 3.83. The molecule has 8 heavy (non-hydrogen) atoms. The molecule has 0 unspecified atom stereocenters. The topological polar surface area (TPSA) is 52.5 Å². The summed E-state index contributed by atoms with van der Waals surface area (Å²) in [5, 5.41) is 18.9. The molecule has 0 fully saturated rings. The first kappa shape index (κ1) is 7.88. The molecule has 0 atom stereocenters. The minimum atomic E-state index is -1.36. The highest BCUT2D eigenvalue weighted by atomic mass is 16.5. The molecule has 0 aromatic heterocycles. The van der Waals surface area contributed by atoms with Gasteiger partial charge in [0.15, 0.2) is 0 Å². The number of hydrogen-bond acceptors (Lipinski definition) is 3. The summed E-state index contributed by atoms with van der Waals surface area (Å²) < 4.78 is 0. The molecule has 0 heterocycles. The first-order valence-corrected chi connectivity index (χ1v) is 2.72. The molecule has 0 spiro atoms. The predicted molar refractivity (Wildman–Crippen MR) is 31.1 cm³/mol. The van der Waals surface area contributed by atoms with Gasteiger partial charge in [-0.25, -0.2) is 0 Å². The fourth-order valence-electron chi connectivity index (χ4n) is 0.341. The van der Waals surface area contributed by atoms with Crippen molar-refractivity contribution >= 4 is 0 Å². The molecule has 3 nitrogen and oxygen atoms in total. The van der Waals surface area contributed by atoms with E-state index in [9.17, 15) is 0 Å². The van der Waals surface area contributed by atoms with Gasteiger partial charge in [0, 0.05) is 6.54 Å². The van der Waals surface area contributed by atoms with Crippen LogP contribution in [0.2, 0.25) is 0 Å². The second-order valence-corrected chi connectivity index (χ2v) is 2.18. The summed E-state index contributed by atoms with van der Waals surface area (Å²) in [7, 11) is 0. The van der Waals surface area contributed by atoms with Crippen LogP contribution < -0.4 is 5.32 Å². The van der Waals surface area contributed by atoms with Crippen molar-refractivity contribution in [1.29, 1.82) is 0 Å². The van der Waals surface area contributed by atoms with Gasteiger partial charge < -0.3 is 10.2 Å². The van der Waals surface area contributed by atoms with Crippen LogP contribution in [0.25, 0.3) is 0 Å². The van der Waals surface area contributed by atoms with E-state index >= 15 is 0 Å². The standard InChI is InChI=1S/C5H13NO2/c1-4(2)3-6-5(7)8/h4-8H,3H2,1-2H3. The summed E-state index contributed by atoms with van der Waals surface area (Å²) >= 11 is 0. The molecule has 0 rings (SSSR count). The van der Waals surface area contributed by atoms with Crippen molar-refractivity contribution in [3.8, 4) is 0 Å². The van der Waals surface area contributed by atoms with Gasteiger partial charge in [-0.05, 0) is 5.92 Å². The van der Waals surface area contributed by atoms with Gasteiger partial charge in [-0.3, -0.25) is 5.32 Å². The third kappa shape index (κ3) is 5.88. The van der Waals surface area contributed by atoms with Gasteiger partial charge in [0.25, 0.3) is 0 Å². The first-order chi connectivity index (χ1) is 3.63. The lowest BCUT2D eigenvalue weighted by molar-refractivity contribution is -0.0671. The summed E-state index contributed by atoms with van der Waals surface area (Å²) in [5.74, 6) is 0.455. The van der Waals surface area contributed by atoms with Gasteiger partial charge in [-0.15, -0.1) is 0 Å². The number of aliphatic hydroxyl groups is 2. The number of hydrogen-bond donors (Lipinski definition) is 3. The van der Waals surface area contributed by atoms with Crippen LogP contribution in [0.15, 0.2) is 0 Å². The zero-order valence-electron chi connectivity index (χ0n) is 5.26. The fourth-order valence-corrected chi connectivity index (χ4v) is 0.341. The maximum absolute atomic E-state index is 8.25. The van der Waals surface area contributed by atoms with E-state index in [1.54, 1.807) is 0 Å². The van der Waals surface area contributed by atoms with Gasteiger partial charge in [-0.2, -0.15) is 0 Å². The van der Waals surface area contributed by atoms with E-state index in [4.69, 9.17) is 10.2 Å². The fraction of sp³-hybridized carbons (Fsp3) is 1.00. The lowest BCUT2D eigenvalue weighted by atomic mass is 10.2. The molecule has 0 aromatic carbocycles. The summed E-state index contributed by atoms with van der Waals surface area (Å²) in [4.78, 5) is 0. The third-order valence-corrected chi connectivity index (χ3v) is 0.709. The van der Waals surface area contributed by atoms with Crippen molar-refractivity contribution in [3.63, 3.8) is 0 Å². The smallest absolute Gasteiger partial charge is 0.210 e. The summed E-state index contributed by atoms with van der Waals surface area (Å²) in [6.45, 7) is 4.63. The minimum Gasteiger partial charge on any atom is -0.356 e. The minimum absolute atomic E-state index is 0.455. The lowest BCUT2D eigenvalue weighted by Crippen LogP contribution is -2.31. The van der Waals surface area contributed by atoms with E-state index in [0.29, 0.717) is 12.5 Å². The highest BCUT2D eigenvalue weighted by Gasteiger charge is 1.95. The first-order valence-electron chi connectivity index (χ1n) is 2.72. The Bertz CT molecular complexity index is 46.4. The monoisotopic (exact) mass is 119 g/mol. The van der Waals surface area contributed by atoms with Gasteiger partial charge in [0.05, 0.1) is 0 Å². The van der Waals surface area contributed by atoms with E-state index in [2.05, 4.69) is 5.32 Å². The zero-order chi connectivity index (χ0) is 6.57. The van der Waals surface area contributed by atoms with Crippen LogP contribution in [0.3, 0.4) is 0 Å². The molecule has 0 aliphatic carbocycles. The molecule has 0 bridgehead atoms. The van der Waals surface area contributed by atoms with Crippen molar-refractivity contribution < 1.29 is 10.2 Å². The van der Waals surface area contributed by atoms with Crippen LogP contribution in [0.4, 0.5) is 0 Å². The van der Waals surface area contributed by atoms with Crippen molar-refractivity contribution in [2.45, 2.75) is 20.3 Å².